The summed E-state index contributed by atoms with van der Waals surface area (Å²) >= 11 is 1.94. The molecule has 0 spiro atoms. The molecule has 1 nitrogen and oxygen atoms in total. The van der Waals surface area contributed by atoms with E-state index in [1.54, 1.807) is 11.1 Å². The maximum Gasteiger partial charge on any atom is 0.0265 e. The van der Waals surface area contributed by atoms with Gasteiger partial charge in [0.05, 0.1) is 0 Å². The molecule has 2 rings (SSSR count). The van der Waals surface area contributed by atoms with Gasteiger partial charge < -0.3 is 5.73 Å². The lowest BCUT2D eigenvalue weighted by Crippen LogP contribution is -2.30. The lowest BCUT2D eigenvalue weighted by Gasteiger charge is -2.29. The molecule has 0 fully saturated rings. The predicted molar refractivity (Wildman–Crippen MR) is 76.6 cm³/mol. The quantitative estimate of drug-likeness (QED) is 0.828. The number of hydrogen-bond donors (Lipinski definition) is 1. The summed E-state index contributed by atoms with van der Waals surface area (Å²) in [6.45, 7) is 7.55. The molecule has 0 saturated carbocycles. The Bertz CT molecular complexity index is 392. The number of rotatable bonds is 3. The van der Waals surface area contributed by atoms with E-state index in [9.17, 15) is 0 Å². The molecule has 1 aromatic rings. The van der Waals surface area contributed by atoms with Gasteiger partial charge in [0.2, 0.25) is 0 Å². The topological polar surface area (TPSA) is 26.0 Å². The van der Waals surface area contributed by atoms with Crippen molar-refractivity contribution in [2.45, 2.75) is 50.2 Å². The summed E-state index contributed by atoms with van der Waals surface area (Å²) in [6, 6.07) is 6.95. The Morgan fingerprint density at radius 1 is 1.24 bits per heavy atom. The zero-order valence-corrected chi connectivity index (χ0v) is 11.9. The van der Waals surface area contributed by atoms with E-state index in [4.69, 9.17) is 5.73 Å². The van der Waals surface area contributed by atoms with Crippen LogP contribution in [0.4, 0.5) is 0 Å². The summed E-state index contributed by atoms with van der Waals surface area (Å²) in [4.78, 5) is 1.39. The maximum atomic E-state index is 5.90. The minimum Gasteiger partial charge on any atom is -0.329 e. The van der Waals surface area contributed by atoms with E-state index in [2.05, 4.69) is 39.0 Å². The van der Waals surface area contributed by atoms with E-state index in [0.29, 0.717) is 5.25 Å². The van der Waals surface area contributed by atoms with E-state index in [-0.39, 0.29) is 5.41 Å². The first kappa shape index (κ1) is 13.0. The Hall–Kier alpha value is -0.470. The van der Waals surface area contributed by atoms with Crippen LogP contribution in [-0.4, -0.2) is 11.8 Å². The Balaban J connectivity index is 2.13. The number of fused-ring (bicyclic) bond motifs is 1. The van der Waals surface area contributed by atoms with Crippen molar-refractivity contribution in [1.29, 1.82) is 0 Å². The molecule has 0 heterocycles. The molecule has 1 unspecified atom stereocenters. The van der Waals surface area contributed by atoms with Crippen LogP contribution in [0.3, 0.4) is 0 Å². The molecule has 1 aliphatic carbocycles. The predicted octanol–water partition coefficient (Wildman–Crippen LogP) is 3.64. The van der Waals surface area contributed by atoms with Crippen molar-refractivity contribution in [1.82, 2.24) is 0 Å². The summed E-state index contributed by atoms with van der Waals surface area (Å²) in [6.07, 6.45) is 3.84. The lowest BCUT2D eigenvalue weighted by atomic mass is 9.92. The molecule has 0 radical (unpaired) electrons. The van der Waals surface area contributed by atoms with Crippen LogP contribution in [0, 0.1) is 5.41 Å². The van der Waals surface area contributed by atoms with Gasteiger partial charge in [-0.15, -0.1) is 11.8 Å². The van der Waals surface area contributed by atoms with Crippen molar-refractivity contribution in [2.75, 3.05) is 6.54 Å². The molecule has 1 aromatic carbocycles. The van der Waals surface area contributed by atoms with Crippen LogP contribution in [-0.2, 0) is 12.8 Å². The third-order valence-electron chi connectivity index (χ3n) is 3.53. The lowest BCUT2D eigenvalue weighted by molar-refractivity contribution is 0.398. The monoisotopic (exact) mass is 249 g/mol. The second-order valence-electron chi connectivity index (χ2n) is 5.99. The highest BCUT2D eigenvalue weighted by Crippen LogP contribution is 2.36. The van der Waals surface area contributed by atoms with Gasteiger partial charge in [0.25, 0.3) is 0 Å². The minimum atomic E-state index is 0.262. The highest BCUT2D eigenvalue weighted by molar-refractivity contribution is 8.00. The average molecular weight is 249 g/mol. The van der Waals surface area contributed by atoms with E-state index >= 15 is 0 Å². The van der Waals surface area contributed by atoms with Crippen molar-refractivity contribution in [2.24, 2.45) is 11.1 Å². The van der Waals surface area contributed by atoms with Gasteiger partial charge in [-0.2, -0.15) is 0 Å². The van der Waals surface area contributed by atoms with Gasteiger partial charge in [-0.05, 0) is 47.9 Å². The molecule has 1 aliphatic rings. The normalized spacial score (nSPS) is 16.9. The third kappa shape index (κ3) is 3.05. The van der Waals surface area contributed by atoms with E-state index in [1.807, 2.05) is 11.8 Å². The summed E-state index contributed by atoms with van der Waals surface area (Å²) in [5.41, 5.74) is 9.27. The van der Waals surface area contributed by atoms with Crippen LogP contribution in [0.25, 0.3) is 0 Å². The Kier molecular flexibility index (Phi) is 3.84. The average Bonchev–Trinajstić information content (AvgIpc) is 2.71. The molecule has 94 valence electrons. The van der Waals surface area contributed by atoms with Gasteiger partial charge in [0.15, 0.2) is 0 Å². The van der Waals surface area contributed by atoms with Crippen LogP contribution >= 0.6 is 11.8 Å². The SMILES string of the molecule is CC(C)(C)C(CN)Sc1ccc2c(c1)CCC2. The first-order chi connectivity index (χ1) is 8.00. The standard InChI is InChI=1S/C15H23NS/c1-15(2,3)14(10-16)17-13-8-7-11-5-4-6-12(11)9-13/h7-9,14H,4-6,10,16H2,1-3H3. The van der Waals surface area contributed by atoms with Crippen LogP contribution in [0.5, 0.6) is 0 Å². The Morgan fingerprint density at radius 3 is 2.59 bits per heavy atom. The van der Waals surface area contributed by atoms with Crippen LogP contribution in [0.2, 0.25) is 0 Å². The van der Waals surface area contributed by atoms with Gasteiger partial charge in [-0.1, -0.05) is 26.8 Å². The van der Waals surface area contributed by atoms with Gasteiger partial charge >= 0.3 is 0 Å². The molecule has 0 bridgehead atoms. The van der Waals surface area contributed by atoms with Gasteiger partial charge in [0, 0.05) is 16.7 Å². The summed E-state index contributed by atoms with van der Waals surface area (Å²) < 4.78 is 0. The fourth-order valence-electron chi connectivity index (χ4n) is 2.36. The van der Waals surface area contributed by atoms with Crippen LogP contribution in [0.15, 0.2) is 23.1 Å². The molecule has 2 heteroatoms. The van der Waals surface area contributed by atoms with E-state index < -0.39 is 0 Å². The molecule has 0 aliphatic heterocycles. The van der Waals surface area contributed by atoms with Crippen molar-refractivity contribution in [3.05, 3.63) is 29.3 Å². The first-order valence-electron chi connectivity index (χ1n) is 6.49. The largest absolute Gasteiger partial charge is 0.329 e. The van der Waals surface area contributed by atoms with Crippen molar-refractivity contribution >= 4 is 11.8 Å². The van der Waals surface area contributed by atoms with E-state index in [0.717, 1.165) is 6.54 Å². The second kappa shape index (κ2) is 5.03. The maximum absolute atomic E-state index is 5.90. The molecular formula is C15H23NS. The fraction of sp³-hybridized carbons (Fsp3) is 0.600. The summed E-state index contributed by atoms with van der Waals surface area (Å²) in [7, 11) is 0. The number of benzene rings is 1. The number of aryl methyl sites for hydroxylation is 2. The molecule has 0 saturated heterocycles. The number of nitrogens with two attached hydrogens (primary N) is 1. The van der Waals surface area contributed by atoms with Gasteiger partial charge in [0.1, 0.15) is 0 Å². The second-order valence-corrected chi connectivity index (χ2v) is 7.27. The Labute approximate surface area is 109 Å². The number of hydrogen-bond acceptors (Lipinski definition) is 2. The van der Waals surface area contributed by atoms with Crippen LogP contribution in [0.1, 0.15) is 38.3 Å². The molecular weight excluding hydrogens is 226 g/mol. The van der Waals surface area contributed by atoms with Gasteiger partial charge in [-0.3, -0.25) is 0 Å². The first-order valence-corrected chi connectivity index (χ1v) is 7.37. The fourth-order valence-corrected chi connectivity index (χ4v) is 3.50. The molecule has 17 heavy (non-hydrogen) atoms. The number of thioether (sulfide) groups is 1. The molecule has 2 N–H and O–H groups in total. The zero-order chi connectivity index (χ0) is 12.5. The smallest absolute Gasteiger partial charge is 0.0265 e. The van der Waals surface area contributed by atoms with Gasteiger partial charge in [-0.25, -0.2) is 0 Å². The zero-order valence-electron chi connectivity index (χ0n) is 11.1. The van der Waals surface area contributed by atoms with Crippen molar-refractivity contribution < 1.29 is 0 Å². The minimum absolute atomic E-state index is 0.262. The summed E-state index contributed by atoms with van der Waals surface area (Å²) in [5, 5.41) is 0.488. The van der Waals surface area contributed by atoms with Crippen molar-refractivity contribution in [3.8, 4) is 0 Å². The molecule has 0 aromatic heterocycles. The Morgan fingerprint density at radius 2 is 1.94 bits per heavy atom. The highest BCUT2D eigenvalue weighted by atomic mass is 32.2. The molecule has 1 atom stereocenters. The summed E-state index contributed by atoms with van der Waals surface area (Å²) in [5.74, 6) is 0. The van der Waals surface area contributed by atoms with Crippen LogP contribution < -0.4 is 5.73 Å². The third-order valence-corrected chi connectivity index (χ3v) is 5.24. The molecule has 0 amide bonds. The van der Waals surface area contributed by atoms with Crippen molar-refractivity contribution in [3.63, 3.8) is 0 Å². The van der Waals surface area contributed by atoms with E-state index in [1.165, 1.54) is 24.2 Å². The highest BCUT2D eigenvalue weighted by Gasteiger charge is 2.24.